The third kappa shape index (κ3) is 0.877. The van der Waals surface area contributed by atoms with Gasteiger partial charge in [0.15, 0.2) is 11.5 Å². The molecule has 0 saturated carbocycles. The molecule has 0 aliphatic heterocycles. The Balaban J connectivity index is 3.01. The van der Waals surface area contributed by atoms with Crippen molar-refractivity contribution < 1.29 is 20.4 Å². The second kappa shape index (κ2) is 2.13. The van der Waals surface area contributed by atoms with Crippen LogP contribution in [0, 0.1) is 0 Å². The molecule has 0 heterocycles. The van der Waals surface area contributed by atoms with E-state index in [-0.39, 0.29) is 24.4 Å². The van der Waals surface area contributed by atoms with Crippen molar-refractivity contribution in [3.8, 4) is 0 Å². The van der Waals surface area contributed by atoms with E-state index >= 15 is 0 Å². The largest absolute Gasteiger partial charge is 0.508 e. The molecule has 0 bridgehead atoms. The number of hydrogen-bond donors (Lipinski definition) is 4. The molecule has 0 saturated heterocycles. The Morgan fingerprint density at radius 2 is 1.00 bits per heavy atom. The van der Waals surface area contributed by atoms with E-state index < -0.39 is 11.5 Å². The Morgan fingerprint density at radius 3 is 1.30 bits per heavy atom. The first-order valence-corrected chi connectivity index (χ1v) is 2.85. The first kappa shape index (κ1) is 6.80. The molecule has 0 aromatic heterocycles. The van der Waals surface area contributed by atoms with Crippen molar-refractivity contribution >= 4 is 0 Å². The Morgan fingerprint density at radius 1 is 0.700 bits per heavy atom. The molecule has 0 aromatic carbocycles. The maximum atomic E-state index is 8.79. The van der Waals surface area contributed by atoms with Gasteiger partial charge in [0.1, 0.15) is 11.5 Å². The molecule has 4 heteroatoms. The smallest absolute Gasteiger partial charge is 0.199 e. The van der Waals surface area contributed by atoms with E-state index in [9.17, 15) is 0 Å². The number of aliphatic hydroxyl groups is 4. The van der Waals surface area contributed by atoms with Gasteiger partial charge in [-0.2, -0.15) is 0 Å². The standard InChI is InChI=1S/C6H8O4/c7-3-1-2-4(8)6(10)5(3)9/h7-10H,1-2H2. The molecule has 0 atom stereocenters. The van der Waals surface area contributed by atoms with Crippen molar-refractivity contribution in [2.45, 2.75) is 12.8 Å². The van der Waals surface area contributed by atoms with Gasteiger partial charge in [-0.05, 0) is 0 Å². The molecule has 4 N–H and O–H groups in total. The molecule has 4 nitrogen and oxygen atoms in total. The van der Waals surface area contributed by atoms with Crippen molar-refractivity contribution in [2.24, 2.45) is 0 Å². The lowest BCUT2D eigenvalue weighted by atomic mass is 10.1. The molecule has 0 aromatic rings. The van der Waals surface area contributed by atoms with Gasteiger partial charge in [0.2, 0.25) is 0 Å². The molecule has 56 valence electrons. The third-order valence-corrected chi connectivity index (χ3v) is 1.37. The minimum absolute atomic E-state index is 0.168. The van der Waals surface area contributed by atoms with E-state index in [4.69, 9.17) is 20.4 Å². The lowest BCUT2D eigenvalue weighted by molar-refractivity contribution is 0.228. The van der Waals surface area contributed by atoms with Crippen molar-refractivity contribution in [2.75, 3.05) is 0 Å². The van der Waals surface area contributed by atoms with Gasteiger partial charge in [-0.25, -0.2) is 0 Å². The summed E-state index contributed by atoms with van der Waals surface area (Å²) in [5, 5.41) is 35.1. The Kier molecular flexibility index (Phi) is 1.45. The lowest BCUT2D eigenvalue weighted by Gasteiger charge is -2.11. The first-order valence-electron chi connectivity index (χ1n) is 2.85. The minimum atomic E-state index is -0.622. The fraction of sp³-hybridized carbons (Fsp3) is 0.333. The predicted octanol–water partition coefficient (Wildman–Crippen LogP) is 1.44. The topological polar surface area (TPSA) is 80.9 Å². The Labute approximate surface area is 57.4 Å². The molecule has 0 unspecified atom stereocenters. The Hall–Kier alpha value is -1.32. The van der Waals surface area contributed by atoms with Gasteiger partial charge in [0.25, 0.3) is 0 Å². The van der Waals surface area contributed by atoms with Crippen LogP contribution < -0.4 is 0 Å². The molecular formula is C6H8O4. The summed E-state index contributed by atoms with van der Waals surface area (Å²) in [7, 11) is 0. The van der Waals surface area contributed by atoms with Crippen molar-refractivity contribution in [3.05, 3.63) is 23.0 Å². The maximum absolute atomic E-state index is 8.79. The SMILES string of the molecule is OC1=C(O)C(O)=C(O)CC1. The van der Waals surface area contributed by atoms with E-state index in [1.54, 1.807) is 0 Å². The van der Waals surface area contributed by atoms with Gasteiger partial charge in [0, 0.05) is 12.8 Å². The van der Waals surface area contributed by atoms with Crippen LogP contribution in [0.25, 0.3) is 0 Å². The highest BCUT2D eigenvalue weighted by Gasteiger charge is 2.19. The van der Waals surface area contributed by atoms with E-state index in [1.165, 1.54) is 0 Å². The third-order valence-electron chi connectivity index (χ3n) is 1.37. The summed E-state index contributed by atoms with van der Waals surface area (Å²) >= 11 is 0. The highest BCUT2D eigenvalue weighted by molar-refractivity contribution is 5.27. The highest BCUT2D eigenvalue weighted by Crippen LogP contribution is 2.23. The van der Waals surface area contributed by atoms with E-state index in [0.717, 1.165) is 0 Å². The molecule has 0 spiro atoms. The number of rotatable bonds is 0. The van der Waals surface area contributed by atoms with Crippen LogP contribution >= 0.6 is 0 Å². The monoisotopic (exact) mass is 144 g/mol. The van der Waals surface area contributed by atoms with Crippen LogP contribution in [0.2, 0.25) is 0 Å². The van der Waals surface area contributed by atoms with E-state index in [1.807, 2.05) is 0 Å². The summed E-state index contributed by atoms with van der Waals surface area (Å²) in [6, 6.07) is 0. The first-order chi connectivity index (χ1) is 4.63. The average Bonchev–Trinajstić information content (AvgIpc) is 1.93. The molecular weight excluding hydrogens is 136 g/mol. The summed E-state index contributed by atoms with van der Waals surface area (Å²) in [6.45, 7) is 0. The van der Waals surface area contributed by atoms with Crippen LogP contribution in [0.1, 0.15) is 12.8 Å². The molecule has 1 aliphatic rings. The summed E-state index contributed by atoms with van der Waals surface area (Å²) in [5.41, 5.74) is 0. The van der Waals surface area contributed by atoms with E-state index in [2.05, 4.69) is 0 Å². The van der Waals surface area contributed by atoms with Crippen LogP contribution in [0.15, 0.2) is 23.0 Å². The van der Waals surface area contributed by atoms with Crippen molar-refractivity contribution in [3.63, 3.8) is 0 Å². The van der Waals surface area contributed by atoms with Crippen molar-refractivity contribution in [1.82, 2.24) is 0 Å². The zero-order valence-electron chi connectivity index (χ0n) is 5.20. The Bertz CT molecular complexity index is 190. The number of hydrogen-bond acceptors (Lipinski definition) is 4. The fourth-order valence-corrected chi connectivity index (χ4v) is 0.747. The van der Waals surface area contributed by atoms with Gasteiger partial charge in [-0.15, -0.1) is 0 Å². The molecule has 1 aliphatic carbocycles. The van der Waals surface area contributed by atoms with Gasteiger partial charge >= 0.3 is 0 Å². The van der Waals surface area contributed by atoms with Crippen LogP contribution in [0.5, 0.6) is 0 Å². The summed E-state index contributed by atoms with van der Waals surface area (Å²) in [4.78, 5) is 0. The fourth-order valence-electron chi connectivity index (χ4n) is 0.747. The molecule has 0 amide bonds. The summed E-state index contributed by atoms with van der Waals surface area (Å²) < 4.78 is 0. The second-order valence-corrected chi connectivity index (χ2v) is 2.09. The minimum Gasteiger partial charge on any atom is -0.508 e. The summed E-state index contributed by atoms with van der Waals surface area (Å²) in [5.74, 6) is -1.81. The number of aliphatic hydroxyl groups excluding tert-OH is 4. The normalized spacial score (nSPS) is 20.0. The quantitative estimate of drug-likeness (QED) is 0.414. The highest BCUT2D eigenvalue weighted by atomic mass is 16.3. The molecule has 10 heavy (non-hydrogen) atoms. The van der Waals surface area contributed by atoms with Gasteiger partial charge in [-0.1, -0.05) is 0 Å². The zero-order valence-corrected chi connectivity index (χ0v) is 5.20. The van der Waals surface area contributed by atoms with Gasteiger partial charge < -0.3 is 20.4 Å². The number of allylic oxidation sites excluding steroid dienone is 2. The molecule has 1 rings (SSSR count). The average molecular weight is 144 g/mol. The lowest BCUT2D eigenvalue weighted by Crippen LogP contribution is -2.04. The van der Waals surface area contributed by atoms with Crippen LogP contribution in [0.3, 0.4) is 0 Å². The van der Waals surface area contributed by atoms with Crippen LogP contribution in [0.4, 0.5) is 0 Å². The van der Waals surface area contributed by atoms with Crippen LogP contribution in [-0.2, 0) is 0 Å². The molecule has 0 fully saturated rings. The molecule has 0 radical (unpaired) electrons. The van der Waals surface area contributed by atoms with Crippen molar-refractivity contribution in [1.29, 1.82) is 0 Å². The maximum Gasteiger partial charge on any atom is 0.199 e. The van der Waals surface area contributed by atoms with Crippen LogP contribution in [-0.4, -0.2) is 20.4 Å². The predicted molar refractivity (Wildman–Crippen MR) is 33.8 cm³/mol. The second-order valence-electron chi connectivity index (χ2n) is 2.09. The zero-order chi connectivity index (χ0) is 7.72. The summed E-state index contributed by atoms with van der Waals surface area (Å²) in [6.07, 6.45) is 0.337. The van der Waals surface area contributed by atoms with Gasteiger partial charge in [-0.3, -0.25) is 0 Å². The van der Waals surface area contributed by atoms with E-state index in [0.29, 0.717) is 0 Å². The van der Waals surface area contributed by atoms with Gasteiger partial charge in [0.05, 0.1) is 0 Å².